The number of hydrogen-bond acceptors (Lipinski definition) is 4. The van der Waals surface area contributed by atoms with Crippen LogP contribution in [0.2, 0.25) is 0 Å². The van der Waals surface area contributed by atoms with E-state index in [1.165, 1.54) is 4.88 Å². The molecule has 0 saturated carbocycles. The number of thiophene rings is 1. The highest BCUT2D eigenvalue weighted by molar-refractivity contribution is 14.0. The summed E-state index contributed by atoms with van der Waals surface area (Å²) in [7, 11) is 0. The summed E-state index contributed by atoms with van der Waals surface area (Å²) in [6, 6.07) is 7.77. The Hall–Kier alpha value is -1.55. The number of furan rings is 1. The molecular weight excluding hydrogens is 439 g/mol. The molecule has 0 spiro atoms. The molecule has 6 nitrogen and oxygen atoms in total. The predicted molar refractivity (Wildman–Crippen MR) is 108 cm³/mol. The first-order chi connectivity index (χ1) is 11.3. The second-order valence-electron chi connectivity index (χ2n) is 4.81. The zero-order valence-corrected chi connectivity index (χ0v) is 16.7. The first-order valence-corrected chi connectivity index (χ1v) is 8.49. The predicted octanol–water partition coefficient (Wildman–Crippen LogP) is 2.37. The monoisotopic (exact) mass is 462 g/mol. The van der Waals surface area contributed by atoms with E-state index in [2.05, 4.69) is 32.4 Å². The van der Waals surface area contributed by atoms with Crippen LogP contribution in [0.25, 0.3) is 0 Å². The third-order valence-corrected chi connectivity index (χ3v) is 3.95. The van der Waals surface area contributed by atoms with Crippen LogP contribution in [0.1, 0.15) is 17.6 Å². The van der Waals surface area contributed by atoms with Crippen molar-refractivity contribution >= 4 is 47.2 Å². The van der Waals surface area contributed by atoms with Crippen molar-refractivity contribution in [3.05, 3.63) is 46.5 Å². The van der Waals surface area contributed by atoms with E-state index in [0.717, 1.165) is 25.3 Å². The average Bonchev–Trinajstić information content (AvgIpc) is 3.24. The molecule has 0 atom stereocenters. The normalized spacial score (nSPS) is 10.8. The van der Waals surface area contributed by atoms with Crippen molar-refractivity contribution in [3.63, 3.8) is 0 Å². The smallest absolute Gasteiger partial charge is 0.242 e. The first-order valence-electron chi connectivity index (χ1n) is 7.61. The van der Waals surface area contributed by atoms with Crippen molar-refractivity contribution in [3.8, 4) is 0 Å². The molecular formula is C16H23IN4O2S. The maximum Gasteiger partial charge on any atom is 0.242 e. The highest BCUT2D eigenvalue weighted by Crippen LogP contribution is 2.07. The van der Waals surface area contributed by atoms with Crippen molar-refractivity contribution in [2.45, 2.75) is 19.9 Å². The SMILES string of the molecule is CCNC(=NCC(=O)NCc1ccco1)NCCc1cccs1.I. The molecule has 0 radical (unpaired) electrons. The van der Waals surface area contributed by atoms with Crippen LogP contribution < -0.4 is 16.0 Å². The van der Waals surface area contributed by atoms with Crippen LogP contribution in [0.15, 0.2) is 45.3 Å². The topological polar surface area (TPSA) is 78.7 Å². The lowest BCUT2D eigenvalue weighted by Gasteiger charge is -2.10. The van der Waals surface area contributed by atoms with E-state index >= 15 is 0 Å². The maximum atomic E-state index is 11.8. The van der Waals surface area contributed by atoms with E-state index in [4.69, 9.17) is 4.42 Å². The Bertz CT molecular complexity index is 600. The molecule has 0 bridgehead atoms. The van der Waals surface area contributed by atoms with Crippen LogP contribution in [0.4, 0.5) is 0 Å². The quantitative estimate of drug-likeness (QED) is 0.320. The third-order valence-electron chi connectivity index (χ3n) is 3.01. The molecule has 2 rings (SSSR count). The number of amides is 1. The standard InChI is InChI=1S/C16H22N4O2S.HI/c1-2-17-16(18-8-7-14-6-4-10-23-14)20-12-15(21)19-11-13-5-3-9-22-13;/h3-6,9-10H,2,7-8,11-12H2,1H3,(H,19,21)(H2,17,18,20);1H. The van der Waals surface area contributed by atoms with Crippen molar-refractivity contribution in [2.75, 3.05) is 19.6 Å². The van der Waals surface area contributed by atoms with Gasteiger partial charge in [-0.25, -0.2) is 4.99 Å². The van der Waals surface area contributed by atoms with Gasteiger partial charge in [0.1, 0.15) is 12.3 Å². The fourth-order valence-corrected chi connectivity index (χ4v) is 2.62. The van der Waals surface area contributed by atoms with Crippen LogP contribution in [0.3, 0.4) is 0 Å². The first kappa shape index (κ1) is 20.5. The minimum atomic E-state index is -0.142. The van der Waals surface area contributed by atoms with Gasteiger partial charge >= 0.3 is 0 Å². The van der Waals surface area contributed by atoms with Crippen LogP contribution in [0.5, 0.6) is 0 Å². The zero-order valence-electron chi connectivity index (χ0n) is 13.6. The van der Waals surface area contributed by atoms with E-state index in [9.17, 15) is 4.79 Å². The van der Waals surface area contributed by atoms with Gasteiger partial charge in [-0.05, 0) is 36.9 Å². The zero-order chi connectivity index (χ0) is 16.3. The van der Waals surface area contributed by atoms with E-state index < -0.39 is 0 Å². The Balaban J connectivity index is 0.00000288. The summed E-state index contributed by atoms with van der Waals surface area (Å²) in [6.45, 7) is 3.98. The Labute approximate surface area is 163 Å². The summed E-state index contributed by atoms with van der Waals surface area (Å²) in [6.07, 6.45) is 2.52. The van der Waals surface area contributed by atoms with Crippen LogP contribution in [-0.2, 0) is 17.8 Å². The van der Waals surface area contributed by atoms with Gasteiger partial charge in [0, 0.05) is 18.0 Å². The minimum absolute atomic E-state index is 0. The van der Waals surface area contributed by atoms with E-state index in [1.54, 1.807) is 23.7 Å². The highest BCUT2D eigenvalue weighted by Gasteiger charge is 2.03. The highest BCUT2D eigenvalue weighted by atomic mass is 127. The summed E-state index contributed by atoms with van der Waals surface area (Å²) < 4.78 is 5.16. The lowest BCUT2D eigenvalue weighted by Crippen LogP contribution is -2.39. The summed E-state index contributed by atoms with van der Waals surface area (Å²) >= 11 is 1.74. The lowest BCUT2D eigenvalue weighted by molar-refractivity contribution is -0.119. The molecule has 0 unspecified atom stereocenters. The Kier molecular flexibility index (Phi) is 10.2. The summed E-state index contributed by atoms with van der Waals surface area (Å²) in [5, 5.41) is 11.2. The number of guanidine groups is 1. The number of rotatable bonds is 8. The van der Waals surface area contributed by atoms with Gasteiger partial charge in [-0.1, -0.05) is 6.07 Å². The van der Waals surface area contributed by atoms with Gasteiger partial charge in [0.25, 0.3) is 0 Å². The van der Waals surface area contributed by atoms with E-state index in [0.29, 0.717) is 12.5 Å². The Morgan fingerprint density at radius 2 is 2.12 bits per heavy atom. The second-order valence-corrected chi connectivity index (χ2v) is 5.84. The lowest BCUT2D eigenvalue weighted by atomic mass is 10.3. The molecule has 2 aromatic rings. The van der Waals surface area contributed by atoms with Crippen molar-refractivity contribution < 1.29 is 9.21 Å². The summed E-state index contributed by atoms with van der Waals surface area (Å²) in [4.78, 5) is 17.4. The molecule has 0 aliphatic heterocycles. The molecule has 24 heavy (non-hydrogen) atoms. The number of hydrogen-bond donors (Lipinski definition) is 3. The Morgan fingerprint density at radius 3 is 2.79 bits per heavy atom. The van der Waals surface area contributed by atoms with Crippen LogP contribution >= 0.6 is 35.3 Å². The fourth-order valence-electron chi connectivity index (χ4n) is 1.91. The molecule has 2 aromatic heterocycles. The van der Waals surface area contributed by atoms with Crippen molar-refractivity contribution in [1.29, 1.82) is 0 Å². The molecule has 0 aliphatic carbocycles. The molecule has 1 amide bonds. The second kappa shape index (κ2) is 11.9. The summed E-state index contributed by atoms with van der Waals surface area (Å²) in [5.74, 6) is 1.23. The molecule has 8 heteroatoms. The van der Waals surface area contributed by atoms with Gasteiger partial charge < -0.3 is 20.4 Å². The molecule has 0 aromatic carbocycles. The van der Waals surface area contributed by atoms with Gasteiger partial charge in [-0.2, -0.15) is 0 Å². The number of carbonyl (C=O) groups excluding carboxylic acids is 1. The average molecular weight is 462 g/mol. The molecule has 0 aliphatic rings. The van der Waals surface area contributed by atoms with E-state index in [-0.39, 0.29) is 36.4 Å². The largest absolute Gasteiger partial charge is 0.467 e. The number of nitrogens with zero attached hydrogens (tertiary/aromatic N) is 1. The van der Waals surface area contributed by atoms with Gasteiger partial charge in [0.05, 0.1) is 12.8 Å². The van der Waals surface area contributed by atoms with Gasteiger partial charge in [-0.3, -0.25) is 4.79 Å². The number of halogens is 1. The maximum absolute atomic E-state index is 11.8. The van der Waals surface area contributed by atoms with Crippen molar-refractivity contribution in [1.82, 2.24) is 16.0 Å². The number of aliphatic imine (C=N–C) groups is 1. The Morgan fingerprint density at radius 1 is 1.25 bits per heavy atom. The van der Waals surface area contributed by atoms with Gasteiger partial charge in [0.15, 0.2) is 5.96 Å². The molecule has 132 valence electrons. The number of carbonyl (C=O) groups is 1. The fraction of sp³-hybridized carbons (Fsp3) is 0.375. The van der Waals surface area contributed by atoms with Crippen LogP contribution in [0, 0.1) is 0 Å². The van der Waals surface area contributed by atoms with Crippen LogP contribution in [-0.4, -0.2) is 31.5 Å². The third kappa shape index (κ3) is 7.82. The molecule has 2 heterocycles. The van der Waals surface area contributed by atoms with Crippen molar-refractivity contribution in [2.24, 2.45) is 4.99 Å². The minimum Gasteiger partial charge on any atom is -0.467 e. The molecule has 3 N–H and O–H groups in total. The van der Waals surface area contributed by atoms with E-state index in [1.807, 2.05) is 19.1 Å². The summed E-state index contributed by atoms with van der Waals surface area (Å²) in [5.41, 5.74) is 0. The van der Waals surface area contributed by atoms with Gasteiger partial charge in [-0.15, -0.1) is 35.3 Å². The molecule has 0 fully saturated rings. The van der Waals surface area contributed by atoms with Gasteiger partial charge in [0.2, 0.25) is 5.91 Å². The molecule has 0 saturated heterocycles. The number of nitrogens with one attached hydrogen (secondary N) is 3.